The highest BCUT2D eigenvalue weighted by Crippen LogP contribution is 2.23. The summed E-state index contributed by atoms with van der Waals surface area (Å²) in [5.74, 6) is 2.31. The van der Waals surface area contributed by atoms with Crippen LogP contribution in [0.25, 0.3) is 0 Å². The van der Waals surface area contributed by atoms with Gasteiger partial charge in [0, 0.05) is 67.4 Å². The summed E-state index contributed by atoms with van der Waals surface area (Å²) in [6, 6.07) is 0.377. The smallest absolute Gasteiger partial charge is 0.191 e. The highest BCUT2D eigenvalue weighted by atomic mass is 127. The Hall–Kier alpha value is 0.0700. The Morgan fingerprint density at radius 2 is 2.00 bits per heavy atom. The Labute approximate surface area is 190 Å². The van der Waals surface area contributed by atoms with Gasteiger partial charge in [0.1, 0.15) is 0 Å². The quantitative estimate of drug-likeness (QED) is 0.197. The van der Waals surface area contributed by atoms with Gasteiger partial charge in [-0.15, -0.1) is 24.0 Å². The van der Waals surface area contributed by atoms with Crippen molar-refractivity contribution in [3.05, 3.63) is 0 Å². The minimum Gasteiger partial charge on any atom is -0.381 e. The molecule has 2 fully saturated rings. The first-order valence-corrected chi connectivity index (χ1v) is 12.2. The number of hydrogen-bond donors (Lipinski definition) is 2. The lowest BCUT2D eigenvalue weighted by molar-refractivity contribution is 0.0205. The van der Waals surface area contributed by atoms with Crippen LogP contribution in [0.2, 0.25) is 0 Å². The summed E-state index contributed by atoms with van der Waals surface area (Å²) in [5.41, 5.74) is 0. The van der Waals surface area contributed by atoms with Crippen molar-refractivity contribution in [3.63, 3.8) is 0 Å². The number of ether oxygens (including phenoxy) is 2. The van der Waals surface area contributed by atoms with E-state index in [-0.39, 0.29) is 24.0 Å². The Bertz CT molecular complexity index is 462. The number of rotatable bonds is 10. The molecule has 2 rings (SSSR count). The lowest BCUT2D eigenvalue weighted by Gasteiger charge is -2.30. The molecule has 0 aromatic heterocycles. The van der Waals surface area contributed by atoms with Crippen LogP contribution in [0.5, 0.6) is 0 Å². The molecule has 0 spiro atoms. The van der Waals surface area contributed by atoms with Crippen LogP contribution in [-0.4, -0.2) is 66.7 Å². The van der Waals surface area contributed by atoms with E-state index >= 15 is 0 Å². The molecule has 1 saturated carbocycles. The molecule has 2 N–H and O–H groups in total. The second-order valence-electron chi connectivity index (χ2n) is 7.54. The number of nitrogens with one attached hydrogen (secondary N) is 2. The van der Waals surface area contributed by atoms with Crippen LogP contribution in [0.3, 0.4) is 0 Å². The standard InChI is InChI=1S/C20H39N3O3S.HI/c1-3-21-20(23-18-7-5-8-19(15-18)27(24)4-2)22-11-6-12-26-16-17-9-13-25-14-10-17;/h17-19H,3-16H2,1-2H3,(H2,21,22,23);1H. The lowest BCUT2D eigenvalue weighted by atomic mass is 9.95. The summed E-state index contributed by atoms with van der Waals surface area (Å²) in [7, 11) is -0.689. The largest absolute Gasteiger partial charge is 0.381 e. The molecule has 3 atom stereocenters. The second-order valence-corrected chi connectivity index (χ2v) is 9.55. The van der Waals surface area contributed by atoms with Crippen molar-refractivity contribution >= 4 is 40.7 Å². The summed E-state index contributed by atoms with van der Waals surface area (Å²) in [6.45, 7) is 9.09. The fourth-order valence-electron chi connectivity index (χ4n) is 3.78. The van der Waals surface area contributed by atoms with Gasteiger partial charge in [0.2, 0.25) is 0 Å². The van der Waals surface area contributed by atoms with Crippen LogP contribution in [-0.2, 0) is 20.3 Å². The van der Waals surface area contributed by atoms with Crippen LogP contribution in [0.15, 0.2) is 4.99 Å². The normalized spacial score (nSPS) is 25.0. The van der Waals surface area contributed by atoms with E-state index in [2.05, 4.69) is 17.6 Å². The zero-order chi connectivity index (χ0) is 19.3. The molecule has 1 aliphatic carbocycles. The molecular formula is C20H40IN3O3S. The summed E-state index contributed by atoms with van der Waals surface area (Å²) < 4.78 is 23.3. The molecule has 1 heterocycles. The van der Waals surface area contributed by atoms with Crippen LogP contribution in [0.4, 0.5) is 0 Å². The fourth-order valence-corrected chi connectivity index (χ4v) is 5.13. The predicted octanol–water partition coefficient (Wildman–Crippen LogP) is 3.07. The van der Waals surface area contributed by atoms with Crippen molar-refractivity contribution in [1.82, 2.24) is 10.6 Å². The van der Waals surface area contributed by atoms with Gasteiger partial charge in [-0.25, -0.2) is 0 Å². The van der Waals surface area contributed by atoms with Crippen molar-refractivity contribution < 1.29 is 13.7 Å². The maximum Gasteiger partial charge on any atom is 0.191 e. The number of guanidine groups is 1. The first-order valence-electron chi connectivity index (χ1n) is 10.8. The van der Waals surface area contributed by atoms with Crippen LogP contribution >= 0.6 is 24.0 Å². The zero-order valence-electron chi connectivity index (χ0n) is 17.6. The minimum atomic E-state index is -0.689. The Balaban J connectivity index is 0.00000392. The summed E-state index contributed by atoms with van der Waals surface area (Å²) in [4.78, 5) is 4.70. The molecule has 1 aliphatic heterocycles. The van der Waals surface area contributed by atoms with E-state index in [9.17, 15) is 4.21 Å². The number of halogens is 1. The highest BCUT2D eigenvalue weighted by molar-refractivity contribution is 14.0. The van der Waals surface area contributed by atoms with Gasteiger partial charge in [0.05, 0.1) is 0 Å². The number of nitrogens with zero attached hydrogens (tertiary/aromatic N) is 1. The molecule has 0 aromatic carbocycles. The molecule has 6 nitrogen and oxygen atoms in total. The van der Waals surface area contributed by atoms with Gasteiger partial charge in [-0.2, -0.15) is 0 Å². The first-order chi connectivity index (χ1) is 13.2. The van der Waals surface area contributed by atoms with E-state index in [0.717, 1.165) is 96.2 Å². The summed E-state index contributed by atoms with van der Waals surface area (Å²) in [5, 5.41) is 7.23. The third-order valence-corrected chi connectivity index (χ3v) is 7.12. The van der Waals surface area contributed by atoms with Crippen molar-refractivity contribution in [2.45, 2.75) is 70.1 Å². The number of hydrogen-bond acceptors (Lipinski definition) is 4. The minimum absolute atomic E-state index is 0. The van der Waals surface area contributed by atoms with Gasteiger partial charge < -0.3 is 20.1 Å². The van der Waals surface area contributed by atoms with Crippen molar-refractivity contribution in [2.24, 2.45) is 10.9 Å². The summed E-state index contributed by atoms with van der Waals surface area (Å²) in [6.07, 6.45) is 7.54. The van der Waals surface area contributed by atoms with Gasteiger partial charge >= 0.3 is 0 Å². The van der Waals surface area contributed by atoms with Crippen LogP contribution < -0.4 is 10.6 Å². The predicted molar refractivity (Wildman–Crippen MR) is 128 cm³/mol. The molecule has 0 aromatic rings. The molecule has 2 aliphatic rings. The fraction of sp³-hybridized carbons (Fsp3) is 0.950. The topological polar surface area (TPSA) is 72.0 Å². The molecule has 8 heteroatoms. The molecular weight excluding hydrogens is 489 g/mol. The van der Waals surface area contributed by atoms with E-state index in [4.69, 9.17) is 14.5 Å². The van der Waals surface area contributed by atoms with Crippen molar-refractivity contribution in [2.75, 3.05) is 45.3 Å². The van der Waals surface area contributed by atoms with E-state index in [0.29, 0.717) is 17.2 Å². The molecule has 3 unspecified atom stereocenters. The monoisotopic (exact) mass is 529 g/mol. The highest BCUT2D eigenvalue weighted by Gasteiger charge is 2.26. The second kappa shape index (κ2) is 15.8. The summed E-state index contributed by atoms with van der Waals surface area (Å²) >= 11 is 0. The zero-order valence-corrected chi connectivity index (χ0v) is 20.8. The third-order valence-electron chi connectivity index (χ3n) is 5.38. The molecule has 1 saturated heterocycles. The molecule has 166 valence electrons. The lowest BCUT2D eigenvalue weighted by Crippen LogP contribution is -2.46. The Morgan fingerprint density at radius 1 is 1.21 bits per heavy atom. The number of aliphatic imine (C=N–C) groups is 1. The van der Waals surface area contributed by atoms with E-state index < -0.39 is 10.8 Å². The molecule has 28 heavy (non-hydrogen) atoms. The van der Waals surface area contributed by atoms with E-state index in [1.165, 1.54) is 0 Å². The third kappa shape index (κ3) is 10.2. The van der Waals surface area contributed by atoms with E-state index in [1.54, 1.807) is 0 Å². The molecule has 0 radical (unpaired) electrons. The Kier molecular flexibility index (Phi) is 14.8. The average molecular weight is 530 g/mol. The van der Waals surface area contributed by atoms with Gasteiger partial charge in [-0.1, -0.05) is 13.3 Å². The van der Waals surface area contributed by atoms with Crippen molar-refractivity contribution in [1.29, 1.82) is 0 Å². The van der Waals surface area contributed by atoms with Gasteiger partial charge in [0.15, 0.2) is 5.96 Å². The van der Waals surface area contributed by atoms with E-state index in [1.807, 2.05) is 6.92 Å². The molecule has 0 amide bonds. The van der Waals surface area contributed by atoms with Gasteiger partial charge in [0.25, 0.3) is 0 Å². The SMILES string of the molecule is CCNC(=NCCCOCC1CCOCC1)NC1CCCC(S(=O)CC)C1.I. The molecule has 0 bridgehead atoms. The maximum atomic E-state index is 12.1. The average Bonchev–Trinajstić information content (AvgIpc) is 2.71. The van der Waals surface area contributed by atoms with Crippen LogP contribution in [0, 0.1) is 5.92 Å². The van der Waals surface area contributed by atoms with Gasteiger partial charge in [-0.05, 0) is 51.4 Å². The first kappa shape index (κ1) is 26.1. The van der Waals surface area contributed by atoms with Crippen molar-refractivity contribution in [3.8, 4) is 0 Å². The Morgan fingerprint density at radius 3 is 2.71 bits per heavy atom. The van der Waals surface area contributed by atoms with Crippen LogP contribution in [0.1, 0.15) is 58.8 Å². The van der Waals surface area contributed by atoms with Gasteiger partial charge in [-0.3, -0.25) is 9.20 Å². The maximum absolute atomic E-state index is 12.1.